The normalized spacial score (nSPS) is 12.2. The summed E-state index contributed by atoms with van der Waals surface area (Å²) in [5.74, 6) is 0.778. The summed E-state index contributed by atoms with van der Waals surface area (Å²) < 4.78 is 24.0. The van der Waals surface area contributed by atoms with Crippen molar-refractivity contribution < 1.29 is 8.83 Å². The number of hydrogen-bond donors (Lipinski definition) is 0. The molecule has 0 saturated heterocycles. The number of benzene rings is 7. The summed E-state index contributed by atoms with van der Waals surface area (Å²) in [6, 6.07) is 66.4. The minimum Gasteiger partial charge on any atom is -0.436 e. The molecule has 0 bridgehead atoms. The van der Waals surface area contributed by atoms with Gasteiger partial charge in [-0.2, -0.15) is 0 Å². The smallest absolute Gasteiger partial charge is 0.231 e. The van der Waals surface area contributed by atoms with E-state index in [2.05, 4.69) is 140 Å². The molecule has 0 aliphatic carbocycles. The van der Waals surface area contributed by atoms with Crippen molar-refractivity contribution in [3.8, 4) is 45.7 Å². The molecule has 10 aromatic heterocycles. The van der Waals surface area contributed by atoms with Crippen LogP contribution in [0.3, 0.4) is 0 Å². The van der Waals surface area contributed by atoms with Gasteiger partial charge in [0.05, 0.1) is 100 Å². The van der Waals surface area contributed by atoms with Gasteiger partial charge in [0.25, 0.3) is 0 Å². The number of oxazole rings is 2. The van der Waals surface area contributed by atoms with E-state index < -0.39 is 0 Å². The summed E-state index contributed by atoms with van der Waals surface area (Å²) in [6.45, 7) is 0. The molecule has 0 saturated carbocycles. The van der Waals surface area contributed by atoms with E-state index in [4.69, 9.17) is 38.7 Å². The number of pyridine rings is 4. The lowest BCUT2D eigenvalue weighted by Crippen LogP contribution is -2.16. The molecule has 7 aromatic carbocycles. The van der Waals surface area contributed by atoms with Gasteiger partial charge in [0.1, 0.15) is 11.0 Å². The molecule has 17 rings (SSSR count). The monoisotopic (exact) mass is 976 g/mol. The zero-order valence-electron chi connectivity index (χ0n) is 40.1. The molecule has 76 heavy (non-hydrogen) atoms. The molecule has 0 aliphatic heterocycles. The maximum absolute atomic E-state index is 7.32. The lowest BCUT2D eigenvalue weighted by atomic mass is 9.97. The summed E-state index contributed by atoms with van der Waals surface area (Å²) in [6.07, 6.45) is 7.44. The van der Waals surface area contributed by atoms with Crippen LogP contribution in [0.15, 0.2) is 228 Å². The summed E-state index contributed by atoms with van der Waals surface area (Å²) in [7, 11) is 0. The van der Waals surface area contributed by atoms with Gasteiger partial charge in [-0.3, -0.25) is 19.9 Å². The molecule has 0 unspecified atom stereocenters. The number of aromatic nitrogens is 10. The van der Waals surface area contributed by atoms with Crippen LogP contribution in [-0.2, 0) is 0 Å². The average Bonchev–Trinajstić information content (AvgIpc) is 4.45. The zero-order valence-corrected chi connectivity index (χ0v) is 40.1. The minimum atomic E-state index is 0.389. The van der Waals surface area contributed by atoms with Crippen LogP contribution in [0.2, 0.25) is 0 Å². The molecule has 12 heteroatoms. The lowest BCUT2D eigenvalue weighted by Gasteiger charge is -2.29. The van der Waals surface area contributed by atoms with E-state index in [0.717, 1.165) is 110 Å². The molecule has 10 heterocycles. The zero-order chi connectivity index (χ0) is 49.6. The van der Waals surface area contributed by atoms with Crippen LogP contribution in [0.4, 0.5) is 0 Å². The van der Waals surface area contributed by atoms with Gasteiger partial charge < -0.3 is 27.1 Å². The largest absolute Gasteiger partial charge is 0.436 e. The van der Waals surface area contributed by atoms with E-state index in [1.807, 2.05) is 97.6 Å². The van der Waals surface area contributed by atoms with Crippen LogP contribution in [0, 0.1) is 0 Å². The predicted octanol–water partition coefficient (Wildman–Crippen LogP) is 15.3. The second-order valence-electron chi connectivity index (χ2n) is 19.0. The van der Waals surface area contributed by atoms with Gasteiger partial charge in [0.2, 0.25) is 11.8 Å². The first-order valence-electron chi connectivity index (χ1n) is 25.1. The Labute approximate surface area is 429 Å². The van der Waals surface area contributed by atoms with E-state index in [9.17, 15) is 0 Å². The van der Waals surface area contributed by atoms with Crippen LogP contribution >= 0.6 is 0 Å². The fourth-order valence-corrected chi connectivity index (χ4v) is 12.0. The van der Waals surface area contributed by atoms with Crippen molar-refractivity contribution >= 4 is 110 Å². The van der Waals surface area contributed by atoms with Gasteiger partial charge in [-0.15, -0.1) is 0 Å². The number of fused-ring (bicyclic) bond motifs is 14. The van der Waals surface area contributed by atoms with Gasteiger partial charge in [-0.05, 0) is 97.1 Å². The molecular formula is C64H36N10O2. The number of para-hydroxylation sites is 8. The molecule has 0 spiro atoms. The highest BCUT2D eigenvalue weighted by atomic mass is 16.4. The van der Waals surface area contributed by atoms with Gasteiger partial charge in [0.15, 0.2) is 11.2 Å². The number of hydrogen-bond acceptors (Lipinski definition) is 8. The Morgan fingerprint density at radius 1 is 0.263 bits per heavy atom. The first kappa shape index (κ1) is 40.8. The van der Waals surface area contributed by atoms with Gasteiger partial charge in [0, 0.05) is 46.3 Å². The third-order valence-electron chi connectivity index (χ3n) is 15.0. The topological polar surface area (TPSA) is 123 Å². The highest BCUT2D eigenvalue weighted by Crippen LogP contribution is 2.54. The molecule has 0 fully saturated rings. The molecule has 0 aliphatic rings. The molecule has 0 amide bonds. The van der Waals surface area contributed by atoms with Crippen molar-refractivity contribution in [2.24, 2.45) is 0 Å². The number of nitrogens with zero attached hydrogens (tertiary/aromatic N) is 10. The van der Waals surface area contributed by atoms with Crippen molar-refractivity contribution in [2.75, 3.05) is 0 Å². The Morgan fingerprint density at radius 2 is 0.526 bits per heavy atom. The third-order valence-corrected chi connectivity index (χ3v) is 15.0. The number of rotatable bonds is 6. The Kier molecular flexibility index (Phi) is 8.27. The third kappa shape index (κ3) is 5.50. The average molecular weight is 977 g/mol. The first-order chi connectivity index (χ1) is 37.8. The van der Waals surface area contributed by atoms with Crippen LogP contribution < -0.4 is 0 Å². The second kappa shape index (κ2) is 15.4. The van der Waals surface area contributed by atoms with Gasteiger partial charge in [-0.25, -0.2) is 9.97 Å². The molecule has 354 valence electrons. The fraction of sp³-hybridized carbons (Fsp3) is 0. The Balaban J connectivity index is 1.27. The molecular weight excluding hydrogens is 941 g/mol. The van der Waals surface area contributed by atoms with Crippen LogP contribution in [0.1, 0.15) is 0 Å². The highest BCUT2D eigenvalue weighted by Gasteiger charge is 2.38. The summed E-state index contributed by atoms with van der Waals surface area (Å²) in [5, 5.41) is 3.89. The van der Waals surface area contributed by atoms with E-state index in [-0.39, 0.29) is 0 Å². The Morgan fingerprint density at radius 3 is 0.829 bits per heavy atom. The van der Waals surface area contributed by atoms with E-state index in [1.54, 1.807) is 0 Å². The van der Waals surface area contributed by atoms with Gasteiger partial charge in [-0.1, -0.05) is 97.1 Å². The predicted molar refractivity (Wildman–Crippen MR) is 301 cm³/mol. The Hall–Kier alpha value is -10.7. The van der Waals surface area contributed by atoms with Crippen molar-refractivity contribution in [3.63, 3.8) is 0 Å². The van der Waals surface area contributed by atoms with Crippen LogP contribution in [-0.4, -0.2) is 48.2 Å². The summed E-state index contributed by atoms with van der Waals surface area (Å²) >= 11 is 0. The molecule has 0 atom stereocenters. The Bertz CT molecular complexity index is 4420. The quantitative estimate of drug-likeness (QED) is 0.161. The lowest BCUT2D eigenvalue weighted by molar-refractivity contribution is 0.616. The SMILES string of the molecule is c1ccc2oc(-c3c(-n4c5ccccc5c5ncccc54)c(-n4c5ccccc5c5ncccc54)c(-c4nc5ccccc5o4)c(-n4c5ccccc5c5ncccc54)c3-n3c4ccccc4c4ncccc43)nc2c1. The maximum atomic E-state index is 7.32. The van der Waals surface area contributed by atoms with Crippen molar-refractivity contribution in [1.29, 1.82) is 0 Å². The molecule has 0 N–H and O–H groups in total. The van der Waals surface area contributed by atoms with Crippen molar-refractivity contribution in [2.45, 2.75) is 0 Å². The highest BCUT2D eigenvalue weighted by molar-refractivity contribution is 6.16. The molecule has 12 nitrogen and oxygen atoms in total. The van der Waals surface area contributed by atoms with Crippen molar-refractivity contribution in [1.82, 2.24) is 48.2 Å². The van der Waals surface area contributed by atoms with Gasteiger partial charge >= 0.3 is 0 Å². The van der Waals surface area contributed by atoms with E-state index >= 15 is 0 Å². The maximum Gasteiger partial charge on any atom is 0.231 e. The summed E-state index contributed by atoms with van der Waals surface area (Å²) in [4.78, 5) is 31.7. The first-order valence-corrected chi connectivity index (χ1v) is 25.1. The van der Waals surface area contributed by atoms with E-state index in [0.29, 0.717) is 45.1 Å². The van der Waals surface area contributed by atoms with Crippen molar-refractivity contribution in [3.05, 3.63) is 219 Å². The molecule has 0 radical (unpaired) electrons. The minimum absolute atomic E-state index is 0.389. The standard InChI is InChI=1S/C64H36N10O2/c1-7-23-43-37(17-1)55-47(27-13-33-65-55)71(43)59-53(63-69-41-21-5-11-31-51(41)75-63)61(73-45-25-9-3-19-39(45)57-49(73)29-15-35-67-57)62(74-46-26-10-4-20-40(46)58-50(74)30-16-36-68-58)54(64-70-42-22-6-12-32-52(42)76-64)60(59)72-44-24-8-2-18-38(44)56-48(72)28-14-34-66-56/h1-36H. The fourth-order valence-electron chi connectivity index (χ4n) is 12.0. The van der Waals surface area contributed by atoms with Crippen LogP contribution in [0.25, 0.3) is 156 Å². The second-order valence-corrected chi connectivity index (χ2v) is 19.0. The van der Waals surface area contributed by atoms with E-state index in [1.165, 1.54) is 0 Å². The molecule has 17 aromatic rings. The summed E-state index contributed by atoms with van der Waals surface area (Å²) in [5.41, 5.74) is 17.5. The van der Waals surface area contributed by atoms with Crippen LogP contribution in [0.5, 0.6) is 0 Å².